The van der Waals surface area contributed by atoms with Gasteiger partial charge in [-0.2, -0.15) is 5.10 Å². The third kappa shape index (κ3) is 3.37. The summed E-state index contributed by atoms with van der Waals surface area (Å²) < 4.78 is 0. The lowest BCUT2D eigenvalue weighted by Crippen LogP contribution is -2.20. The standard InChI is InChI=1S/C17H15N3O3/c21-16(9-14(17(22)23)11-4-2-1-3-5-11)19-13-7-6-12-10-18-20-15(12)8-13/h1-8,10,14H,9H2,(H,18,20)(H,19,21)(H,22,23). The van der Waals surface area contributed by atoms with E-state index in [0.29, 0.717) is 11.3 Å². The van der Waals surface area contributed by atoms with E-state index in [0.717, 1.165) is 10.9 Å². The molecule has 0 aliphatic carbocycles. The fraction of sp³-hybridized carbons (Fsp3) is 0.118. The van der Waals surface area contributed by atoms with Crippen molar-refractivity contribution in [1.29, 1.82) is 0 Å². The van der Waals surface area contributed by atoms with Crippen molar-refractivity contribution in [2.75, 3.05) is 5.32 Å². The highest BCUT2D eigenvalue weighted by molar-refractivity contribution is 5.96. The summed E-state index contributed by atoms with van der Waals surface area (Å²) in [6.45, 7) is 0. The molecular formula is C17H15N3O3. The maximum atomic E-state index is 12.2. The highest BCUT2D eigenvalue weighted by Gasteiger charge is 2.23. The lowest BCUT2D eigenvalue weighted by atomic mass is 9.95. The Balaban J connectivity index is 1.73. The molecule has 1 aromatic heterocycles. The van der Waals surface area contributed by atoms with Crippen LogP contribution in [0.5, 0.6) is 0 Å². The van der Waals surface area contributed by atoms with E-state index >= 15 is 0 Å². The monoisotopic (exact) mass is 309 g/mol. The zero-order valence-corrected chi connectivity index (χ0v) is 12.2. The van der Waals surface area contributed by atoms with Gasteiger partial charge in [0, 0.05) is 17.5 Å². The third-order valence-corrected chi connectivity index (χ3v) is 3.62. The van der Waals surface area contributed by atoms with E-state index in [4.69, 9.17) is 0 Å². The summed E-state index contributed by atoms with van der Waals surface area (Å²) in [5.74, 6) is -2.23. The number of carboxylic acid groups (broad SMARTS) is 1. The third-order valence-electron chi connectivity index (χ3n) is 3.62. The van der Waals surface area contributed by atoms with Crippen molar-refractivity contribution in [2.24, 2.45) is 0 Å². The maximum absolute atomic E-state index is 12.2. The molecule has 1 unspecified atom stereocenters. The van der Waals surface area contributed by atoms with Crippen molar-refractivity contribution in [3.63, 3.8) is 0 Å². The van der Waals surface area contributed by atoms with Crippen LogP contribution in [0, 0.1) is 0 Å². The number of rotatable bonds is 5. The molecule has 0 radical (unpaired) electrons. The van der Waals surface area contributed by atoms with E-state index in [2.05, 4.69) is 15.5 Å². The molecule has 116 valence electrons. The van der Waals surface area contributed by atoms with Crippen LogP contribution in [0.3, 0.4) is 0 Å². The van der Waals surface area contributed by atoms with Crippen molar-refractivity contribution in [1.82, 2.24) is 10.2 Å². The van der Waals surface area contributed by atoms with Crippen LogP contribution in [0.2, 0.25) is 0 Å². The Kier molecular flexibility index (Phi) is 4.05. The van der Waals surface area contributed by atoms with E-state index < -0.39 is 11.9 Å². The van der Waals surface area contributed by atoms with E-state index in [1.807, 2.05) is 12.1 Å². The van der Waals surface area contributed by atoms with Gasteiger partial charge in [-0.05, 0) is 23.8 Å². The zero-order chi connectivity index (χ0) is 16.2. The molecule has 1 heterocycles. The van der Waals surface area contributed by atoms with Crippen LogP contribution in [-0.4, -0.2) is 27.2 Å². The van der Waals surface area contributed by atoms with E-state index in [9.17, 15) is 14.7 Å². The lowest BCUT2D eigenvalue weighted by Gasteiger charge is -2.13. The minimum absolute atomic E-state index is 0.125. The van der Waals surface area contributed by atoms with Crippen LogP contribution in [-0.2, 0) is 9.59 Å². The number of aliphatic carboxylic acids is 1. The van der Waals surface area contributed by atoms with Crippen LogP contribution in [0.1, 0.15) is 17.9 Å². The molecule has 0 saturated heterocycles. The number of carboxylic acids is 1. The smallest absolute Gasteiger partial charge is 0.311 e. The van der Waals surface area contributed by atoms with Crippen LogP contribution in [0.4, 0.5) is 5.69 Å². The van der Waals surface area contributed by atoms with Gasteiger partial charge in [0.2, 0.25) is 5.91 Å². The molecular weight excluding hydrogens is 294 g/mol. The summed E-state index contributed by atoms with van der Waals surface area (Å²) in [5.41, 5.74) is 2.02. The fourth-order valence-electron chi connectivity index (χ4n) is 2.45. The van der Waals surface area contributed by atoms with E-state index in [1.54, 1.807) is 42.6 Å². The Labute approximate surface area is 132 Å². The van der Waals surface area contributed by atoms with Crippen molar-refractivity contribution < 1.29 is 14.7 Å². The number of benzene rings is 2. The minimum Gasteiger partial charge on any atom is -0.481 e. The second-order valence-corrected chi connectivity index (χ2v) is 5.23. The lowest BCUT2D eigenvalue weighted by molar-refractivity contribution is -0.140. The number of carbonyl (C=O) groups excluding carboxylic acids is 1. The molecule has 3 rings (SSSR count). The number of hydrogen-bond acceptors (Lipinski definition) is 3. The van der Waals surface area contributed by atoms with Gasteiger partial charge in [0.05, 0.1) is 17.6 Å². The molecule has 23 heavy (non-hydrogen) atoms. The minimum atomic E-state index is -1.02. The van der Waals surface area contributed by atoms with Gasteiger partial charge in [0.25, 0.3) is 0 Å². The predicted molar refractivity (Wildman–Crippen MR) is 86.2 cm³/mol. The number of H-pyrrole nitrogens is 1. The molecule has 0 spiro atoms. The summed E-state index contributed by atoms with van der Waals surface area (Å²) in [7, 11) is 0. The molecule has 6 nitrogen and oxygen atoms in total. The number of nitrogens with one attached hydrogen (secondary N) is 2. The van der Waals surface area contributed by atoms with Gasteiger partial charge in [-0.1, -0.05) is 30.3 Å². The first-order valence-electron chi connectivity index (χ1n) is 7.14. The van der Waals surface area contributed by atoms with Crippen molar-refractivity contribution in [3.8, 4) is 0 Å². The summed E-state index contributed by atoms with van der Waals surface area (Å²) >= 11 is 0. The molecule has 0 aliphatic heterocycles. The second kappa shape index (κ2) is 6.31. The number of fused-ring (bicyclic) bond motifs is 1. The molecule has 1 amide bonds. The number of aromatic amines is 1. The van der Waals surface area contributed by atoms with Gasteiger partial charge in [0.15, 0.2) is 0 Å². The van der Waals surface area contributed by atoms with Crippen LogP contribution in [0.25, 0.3) is 10.9 Å². The molecule has 0 bridgehead atoms. The number of hydrogen-bond donors (Lipinski definition) is 3. The molecule has 3 N–H and O–H groups in total. The van der Waals surface area contributed by atoms with Crippen LogP contribution in [0.15, 0.2) is 54.7 Å². The average Bonchev–Trinajstić information content (AvgIpc) is 3.01. The molecule has 0 fully saturated rings. The highest BCUT2D eigenvalue weighted by Crippen LogP contribution is 2.22. The molecule has 3 aromatic rings. The van der Waals surface area contributed by atoms with Gasteiger partial charge in [0.1, 0.15) is 0 Å². The Morgan fingerprint density at radius 2 is 1.96 bits per heavy atom. The van der Waals surface area contributed by atoms with E-state index in [-0.39, 0.29) is 12.3 Å². The predicted octanol–water partition coefficient (Wildman–Crippen LogP) is 2.76. The maximum Gasteiger partial charge on any atom is 0.311 e. The molecule has 0 aliphatic rings. The molecule has 6 heteroatoms. The molecule has 1 atom stereocenters. The average molecular weight is 309 g/mol. The summed E-state index contributed by atoms with van der Waals surface area (Å²) in [6.07, 6.45) is 1.57. The summed E-state index contributed by atoms with van der Waals surface area (Å²) in [6, 6.07) is 14.1. The van der Waals surface area contributed by atoms with Gasteiger partial charge in [-0.15, -0.1) is 0 Å². The van der Waals surface area contributed by atoms with Gasteiger partial charge in [-0.25, -0.2) is 0 Å². The topological polar surface area (TPSA) is 95.1 Å². The quantitative estimate of drug-likeness (QED) is 0.675. The first kappa shape index (κ1) is 14.8. The Bertz CT molecular complexity index is 842. The SMILES string of the molecule is O=C(CC(C(=O)O)c1ccccc1)Nc1ccc2cn[nH]c2c1. The highest BCUT2D eigenvalue weighted by atomic mass is 16.4. The zero-order valence-electron chi connectivity index (χ0n) is 12.2. The Morgan fingerprint density at radius 1 is 1.17 bits per heavy atom. The normalized spacial score (nSPS) is 12.0. The number of amides is 1. The van der Waals surface area contributed by atoms with Gasteiger partial charge < -0.3 is 10.4 Å². The van der Waals surface area contributed by atoms with Crippen molar-refractivity contribution in [2.45, 2.75) is 12.3 Å². The number of anilines is 1. The fourth-order valence-corrected chi connectivity index (χ4v) is 2.45. The number of carbonyl (C=O) groups is 2. The number of nitrogens with zero attached hydrogens (tertiary/aromatic N) is 1. The van der Waals surface area contributed by atoms with E-state index in [1.165, 1.54) is 0 Å². The first-order chi connectivity index (χ1) is 11.1. The van der Waals surface area contributed by atoms with Crippen molar-refractivity contribution >= 4 is 28.5 Å². The van der Waals surface area contributed by atoms with Gasteiger partial charge >= 0.3 is 5.97 Å². The van der Waals surface area contributed by atoms with Gasteiger partial charge in [-0.3, -0.25) is 14.7 Å². The van der Waals surface area contributed by atoms with Crippen LogP contribution >= 0.6 is 0 Å². The number of aromatic nitrogens is 2. The summed E-state index contributed by atoms with van der Waals surface area (Å²) in [5, 5.41) is 19.8. The van der Waals surface area contributed by atoms with Crippen molar-refractivity contribution in [3.05, 3.63) is 60.3 Å². The summed E-state index contributed by atoms with van der Waals surface area (Å²) in [4.78, 5) is 23.6. The largest absolute Gasteiger partial charge is 0.481 e. The Hall–Kier alpha value is -3.15. The second-order valence-electron chi connectivity index (χ2n) is 5.23. The van der Waals surface area contributed by atoms with Crippen LogP contribution < -0.4 is 5.32 Å². The first-order valence-corrected chi connectivity index (χ1v) is 7.14. The molecule has 0 saturated carbocycles. The molecule has 2 aromatic carbocycles. The Morgan fingerprint density at radius 3 is 2.70 bits per heavy atom.